The number of rotatable bonds is 3. The molecule has 0 bridgehead atoms. The maximum absolute atomic E-state index is 11.5. The van der Waals surface area contributed by atoms with Crippen LogP contribution in [0.15, 0.2) is 12.3 Å². The molecule has 15 heavy (non-hydrogen) atoms. The van der Waals surface area contributed by atoms with Crippen LogP contribution in [0.4, 0.5) is 10.6 Å². The van der Waals surface area contributed by atoms with Crippen LogP contribution in [0.2, 0.25) is 0 Å². The largest absolute Gasteiger partial charge is 0.444 e. The Morgan fingerprint density at radius 3 is 3.13 bits per heavy atom. The van der Waals surface area contributed by atoms with E-state index in [1.54, 1.807) is 28.9 Å². The number of aromatic nitrogens is 2. The summed E-state index contributed by atoms with van der Waals surface area (Å²) >= 11 is 0. The van der Waals surface area contributed by atoms with Gasteiger partial charge in [0.15, 0.2) is 0 Å². The van der Waals surface area contributed by atoms with E-state index in [0.29, 0.717) is 19.5 Å². The number of cyclic esters (lactones) is 1. The van der Waals surface area contributed by atoms with Crippen molar-refractivity contribution in [3.63, 3.8) is 0 Å². The van der Waals surface area contributed by atoms with Gasteiger partial charge < -0.3 is 10.5 Å². The standard InChI is InChI=1S/C9H14N4O2/c1-12-8(3-5-11-12)13-6-7(2-4-10)15-9(13)14/h3,5,7H,2,4,6,10H2,1H3. The van der Waals surface area contributed by atoms with Gasteiger partial charge in [0, 0.05) is 13.1 Å². The number of amides is 1. The van der Waals surface area contributed by atoms with Gasteiger partial charge in [0.25, 0.3) is 0 Å². The van der Waals surface area contributed by atoms with E-state index in [9.17, 15) is 4.79 Å². The molecule has 0 aromatic carbocycles. The van der Waals surface area contributed by atoms with Gasteiger partial charge in [-0.2, -0.15) is 5.10 Å². The minimum atomic E-state index is -0.322. The third-order valence-corrected chi connectivity index (χ3v) is 2.43. The van der Waals surface area contributed by atoms with Crippen LogP contribution in [0, 0.1) is 0 Å². The molecule has 82 valence electrons. The van der Waals surface area contributed by atoms with Crippen molar-refractivity contribution in [3.8, 4) is 0 Å². The molecule has 1 amide bonds. The van der Waals surface area contributed by atoms with Gasteiger partial charge in [0.2, 0.25) is 0 Å². The zero-order valence-electron chi connectivity index (χ0n) is 8.59. The minimum absolute atomic E-state index is 0.0996. The Kier molecular flexibility index (Phi) is 2.59. The summed E-state index contributed by atoms with van der Waals surface area (Å²) in [7, 11) is 1.79. The highest BCUT2D eigenvalue weighted by atomic mass is 16.6. The van der Waals surface area contributed by atoms with Gasteiger partial charge in [0.1, 0.15) is 11.9 Å². The summed E-state index contributed by atoms with van der Waals surface area (Å²) in [5, 5.41) is 4.01. The summed E-state index contributed by atoms with van der Waals surface area (Å²) in [6.45, 7) is 1.08. The van der Waals surface area contributed by atoms with Crippen molar-refractivity contribution < 1.29 is 9.53 Å². The Morgan fingerprint density at radius 2 is 2.53 bits per heavy atom. The summed E-state index contributed by atoms with van der Waals surface area (Å²) in [6, 6.07) is 1.78. The summed E-state index contributed by atoms with van der Waals surface area (Å²) in [6.07, 6.45) is 1.92. The van der Waals surface area contributed by atoms with E-state index < -0.39 is 0 Å². The molecule has 1 atom stereocenters. The Bertz CT molecular complexity index is 363. The quantitative estimate of drug-likeness (QED) is 0.767. The molecule has 2 heterocycles. The van der Waals surface area contributed by atoms with Gasteiger partial charge in [-0.3, -0.25) is 9.58 Å². The molecule has 0 radical (unpaired) electrons. The molecule has 2 rings (SSSR count). The second kappa shape index (κ2) is 3.90. The van der Waals surface area contributed by atoms with E-state index in [4.69, 9.17) is 10.5 Å². The first-order valence-corrected chi connectivity index (χ1v) is 4.88. The molecule has 1 aromatic rings. The summed E-state index contributed by atoms with van der Waals surface area (Å²) in [4.78, 5) is 13.1. The van der Waals surface area contributed by atoms with E-state index in [0.717, 1.165) is 5.82 Å². The van der Waals surface area contributed by atoms with Crippen LogP contribution in [0.3, 0.4) is 0 Å². The molecule has 0 aliphatic carbocycles. The number of nitrogens with zero attached hydrogens (tertiary/aromatic N) is 3. The van der Waals surface area contributed by atoms with Crippen molar-refractivity contribution >= 4 is 11.9 Å². The summed E-state index contributed by atoms with van der Waals surface area (Å²) in [5.74, 6) is 0.750. The lowest BCUT2D eigenvalue weighted by Gasteiger charge is -2.12. The topological polar surface area (TPSA) is 73.4 Å². The fourth-order valence-electron chi connectivity index (χ4n) is 1.68. The van der Waals surface area contributed by atoms with Crippen molar-refractivity contribution in [2.75, 3.05) is 18.0 Å². The van der Waals surface area contributed by atoms with E-state index in [2.05, 4.69) is 5.10 Å². The zero-order chi connectivity index (χ0) is 10.8. The molecular weight excluding hydrogens is 196 g/mol. The first-order chi connectivity index (χ1) is 7.22. The number of carbonyl (C=O) groups excluding carboxylic acids is 1. The highest BCUT2D eigenvalue weighted by Crippen LogP contribution is 2.21. The summed E-state index contributed by atoms with van der Waals surface area (Å²) in [5.41, 5.74) is 5.42. The Labute approximate surface area is 87.6 Å². The molecule has 1 aromatic heterocycles. The second-order valence-electron chi connectivity index (χ2n) is 3.51. The molecule has 6 nitrogen and oxygen atoms in total. The van der Waals surface area contributed by atoms with Crippen molar-refractivity contribution in [2.24, 2.45) is 12.8 Å². The molecule has 1 fully saturated rings. The molecular formula is C9H14N4O2. The first-order valence-electron chi connectivity index (χ1n) is 4.88. The van der Waals surface area contributed by atoms with Gasteiger partial charge >= 0.3 is 6.09 Å². The lowest BCUT2D eigenvalue weighted by atomic mass is 10.2. The highest BCUT2D eigenvalue weighted by molar-refractivity contribution is 5.88. The molecule has 6 heteroatoms. The maximum atomic E-state index is 11.5. The first kappa shape index (κ1) is 9.97. The molecule has 1 saturated heterocycles. The average Bonchev–Trinajstić information content (AvgIpc) is 2.73. The van der Waals surface area contributed by atoms with Crippen molar-refractivity contribution in [3.05, 3.63) is 12.3 Å². The van der Waals surface area contributed by atoms with Crippen LogP contribution in [0.25, 0.3) is 0 Å². The average molecular weight is 210 g/mol. The van der Waals surface area contributed by atoms with E-state index in [-0.39, 0.29) is 12.2 Å². The third kappa shape index (κ3) is 1.80. The van der Waals surface area contributed by atoms with Gasteiger partial charge in [-0.15, -0.1) is 0 Å². The van der Waals surface area contributed by atoms with Crippen LogP contribution >= 0.6 is 0 Å². The monoisotopic (exact) mass is 210 g/mol. The zero-order valence-corrected chi connectivity index (χ0v) is 8.59. The SMILES string of the molecule is Cn1nccc1N1CC(CCN)OC1=O. The molecule has 1 aliphatic rings. The highest BCUT2D eigenvalue weighted by Gasteiger charge is 2.32. The lowest BCUT2D eigenvalue weighted by molar-refractivity contribution is 0.138. The molecule has 0 saturated carbocycles. The van der Waals surface area contributed by atoms with E-state index >= 15 is 0 Å². The molecule has 1 aliphatic heterocycles. The number of nitrogens with two attached hydrogens (primary N) is 1. The number of carbonyl (C=O) groups is 1. The van der Waals surface area contributed by atoms with Crippen molar-refractivity contribution in [1.29, 1.82) is 0 Å². The number of anilines is 1. The Hall–Kier alpha value is -1.56. The molecule has 2 N–H and O–H groups in total. The second-order valence-corrected chi connectivity index (χ2v) is 3.51. The molecule has 0 spiro atoms. The number of hydrogen-bond acceptors (Lipinski definition) is 4. The van der Waals surface area contributed by atoms with Crippen LogP contribution in [-0.4, -0.2) is 35.1 Å². The fraction of sp³-hybridized carbons (Fsp3) is 0.556. The van der Waals surface area contributed by atoms with Crippen molar-refractivity contribution in [2.45, 2.75) is 12.5 Å². The number of hydrogen-bond donors (Lipinski definition) is 1. The van der Waals surface area contributed by atoms with Gasteiger partial charge in [-0.05, 0) is 13.0 Å². The third-order valence-electron chi connectivity index (χ3n) is 2.43. The smallest absolute Gasteiger partial charge is 0.415 e. The predicted molar refractivity (Wildman–Crippen MR) is 54.5 cm³/mol. The lowest BCUT2D eigenvalue weighted by Crippen LogP contribution is -2.27. The van der Waals surface area contributed by atoms with E-state index in [1.165, 1.54) is 0 Å². The fourth-order valence-corrected chi connectivity index (χ4v) is 1.68. The van der Waals surface area contributed by atoms with Gasteiger partial charge in [-0.1, -0.05) is 0 Å². The molecule has 1 unspecified atom stereocenters. The van der Waals surface area contributed by atoms with Gasteiger partial charge in [0.05, 0.1) is 12.7 Å². The normalized spacial score (nSPS) is 20.8. The summed E-state index contributed by atoms with van der Waals surface area (Å²) < 4.78 is 6.80. The van der Waals surface area contributed by atoms with Crippen LogP contribution < -0.4 is 10.6 Å². The Balaban J connectivity index is 2.12. The minimum Gasteiger partial charge on any atom is -0.444 e. The predicted octanol–water partition coefficient (Wildman–Crippen LogP) is 0.0941. The Morgan fingerprint density at radius 1 is 1.73 bits per heavy atom. The number of aryl methyl sites for hydroxylation is 1. The van der Waals surface area contributed by atoms with Crippen LogP contribution in [-0.2, 0) is 11.8 Å². The van der Waals surface area contributed by atoms with Crippen molar-refractivity contribution in [1.82, 2.24) is 9.78 Å². The van der Waals surface area contributed by atoms with Crippen LogP contribution in [0.5, 0.6) is 0 Å². The number of ether oxygens (including phenoxy) is 1. The van der Waals surface area contributed by atoms with Crippen LogP contribution in [0.1, 0.15) is 6.42 Å². The maximum Gasteiger partial charge on any atom is 0.415 e. The van der Waals surface area contributed by atoms with E-state index in [1.807, 2.05) is 0 Å². The van der Waals surface area contributed by atoms with Gasteiger partial charge in [-0.25, -0.2) is 4.79 Å².